The van der Waals surface area contributed by atoms with Crippen molar-refractivity contribution >= 4 is 14.3 Å². The van der Waals surface area contributed by atoms with Gasteiger partial charge in [-0.25, -0.2) is 9.46 Å². The lowest BCUT2D eigenvalue weighted by Gasteiger charge is -2.39. The molecule has 0 fully saturated rings. The van der Waals surface area contributed by atoms with Crippen LogP contribution in [0.15, 0.2) is 95.9 Å². The summed E-state index contributed by atoms with van der Waals surface area (Å²) in [5, 5.41) is 9.26. The van der Waals surface area contributed by atoms with Crippen LogP contribution < -0.4 is 20.9 Å². The van der Waals surface area contributed by atoms with Crippen LogP contribution in [0.4, 0.5) is 5.82 Å². The van der Waals surface area contributed by atoms with Crippen molar-refractivity contribution in [2.75, 3.05) is 33.2 Å². The molecule has 4 rings (SSSR count). The lowest BCUT2D eigenvalue weighted by atomic mass is 9.80. The van der Waals surface area contributed by atoms with Gasteiger partial charge in [0.25, 0.3) is 8.53 Å². The Morgan fingerprint density at radius 1 is 0.878 bits per heavy atom. The molecule has 0 spiro atoms. The third-order valence-electron chi connectivity index (χ3n) is 7.86. The summed E-state index contributed by atoms with van der Waals surface area (Å²) in [4.78, 5) is 16.9. The molecule has 0 bridgehead atoms. The number of benzene rings is 3. The number of nitrogens with zero attached hydrogens (tertiary/aromatic N) is 4. The lowest BCUT2D eigenvalue weighted by Crippen LogP contribution is -2.40. The quantitative estimate of drug-likeness (QED) is 0.0701. The maximum absolute atomic E-state index is 13.0. The second-order valence-corrected chi connectivity index (χ2v) is 13.3. The van der Waals surface area contributed by atoms with Gasteiger partial charge in [0.1, 0.15) is 29.0 Å². The van der Waals surface area contributed by atoms with Gasteiger partial charge in [0.15, 0.2) is 0 Å². The van der Waals surface area contributed by atoms with Gasteiger partial charge in [-0.1, -0.05) is 54.6 Å². The van der Waals surface area contributed by atoms with E-state index < -0.39 is 25.9 Å². The number of nitriles is 1. The predicted molar refractivity (Wildman–Crippen MR) is 191 cm³/mol. The van der Waals surface area contributed by atoms with Crippen LogP contribution >= 0.6 is 8.53 Å². The Balaban J connectivity index is 1.85. The number of rotatable bonds is 18. The highest BCUT2D eigenvalue weighted by molar-refractivity contribution is 7.44. The van der Waals surface area contributed by atoms with E-state index in [0.29, 0.717) is 11.5 Å². The van der Waals surface area contributed by atoms with Crippen LogP contribution in [0.5, 0.6) is 11.5 Å². The molecule has 0 saturated heterocycles. The molecule has 1 unspecified atom stereocenters. The monoisotopic (exact) mass is 687 g/mol. The minimum Gasteiger partial charge on any atom is -0.497 e. The van der Waals surface area contributed by atoms with Crippen LogP contribution in [0, 0.1) is 11.3 Å². The summed E-state index contributed by atoms with van der Waals surface area (Å²) in [5.74, 6) is 1.55. The van der Waals surface area contributed by atoms with Gasteiger partial charge in [-0.2, -0.15) is 10.2 Å². The molecule has 2 N–H and O–H groups in total. The van der Waals surface area contributed by atoms with E-state index in [2.05, 4.69) is 43.4 Å². The van der Waals surface area contributed by atoms with Gasteiger partial charge < -0.3 is 29.0 Å². The van der Waals surface area contributed by atoms with Gasteiger partial charge in [0, 0.05) is 18.3 Å². The molecule has 0 amide bonds. The molecular weight excluding hydrogens is 641 g/mol. The van der Waals surface area contributed by atoms with E-state index in [1.54, 1.807) is 26.5 Å². The molecule has 3 aromatic carbocycles. The third kappa shape index (κ3) is 9.44. The number of aromatic nitrogens is 2. The standard InChI is InChI=1S/C37H46N5O6P/c1-27(2)42(28(3)4)49(47-24-10-22-38)48-34(25-41-23-21-35(39)40-36(41)43)26-46-37(29-11-8-7-9-12-29,30-13-17-32(44-5)18-14-30)31-15-19-33(45-6)20-16-31/h7-9,11-21,23,27-28,34H,10,24-26H2,1-6H3,(H2,39,40,43)/t34-,49?/m1/s1. The molecule has 0 aliphatic carbocycles. The summed E-state index contributed by atoms with van der Waals surface area (Å²) in [5.41, 5.74) is 6.78. The molecule has 12 heteroatoms. The van der Waals surface area contributed by atoms with Gasteiger partial charge in [-0.3, -0.25) is 4.57 Å². The van der Waals surface area contributed by atoms with Crippen molar-refractivity contribution in [3.8, 4) is 17.6 Å². The maximum Gasteiger partial charge on any atom is 0.349 e. The maximum atomic E-state index is 13.0. The molecule has 0 aliphatic rings. The van der Waals surface area contributed by atoms with Crippen molar-refractivity contribution in [3.05, 3.63) is 118 Å². The second-order valence-electron chi connectivity index (χ2n) is 11.9. The fourth-order valence-electron chi connectivity index (χ4n) is 5.63. The fraction of sp³-hybridized carbons (Fsp3) is 0.378. The van der Waals surface area contributed by atoms with E-state index >= 15 is 0 Å². The van der Waals surface area contributed by atoms with Gasteiger partial charge in [0.2, 0.25) is 0 Å². The van der Waals surface area contributed by atoms with E-state index in [-0.39, 0.29) is 44.1 Å². The molecule has 0 saturated carbocycles. The highest BCUT2D eigenvalue weighted by Crippen LogP contribution is 2.48. The molecule has 2 atom stereocenters. The number of nitrogen functional groups attached to an aromatic ring is 1. The largest absolute Gasteiger partial charge is 0.497 e. The summed E-state index contributed by atoms with van der Waals surface area (Å²) < 4.78 is 34.8. The first kappa shape index (κ1) is 37.5. The van der Waals surface area contributed by atoms with E-state index in [1.807, 2.05) is 78.9 Å². The highest BCUT2D eigenvalue weighted by Gasteiger charge is 2.40. The number of ether oxygens (including phenoxy) is 3. The number of methoxy groups -OCH3 is 2. The van der Waals surface area contributed by atoms with Crippen LogP contribution in [-0.2, 0) is 25.9 Å². The van der Waals surface area contributed by atoms with Crippen molar-refractivity contribution in [1.82, 2.24) is 14.2 Å². The Bertz CT molecular complexity index is 1640. The molecule has 0 radical (unpaired) electrons. The molecule has 1 heterocycles. The normalized spacial score (nSPS) is 13.0. The number of hydrogen-bond acceptors (Lipinski definition) is 10. The first-order valence-corrected chi connectivity index (χ1v) is 17.3. The summed E-state index contributed by atoms with van der Waals surface area (Å²) in [6.45, 7) is 8.61. The number of nitrogens with two attached hydrogens (primary N) is 1. The lowest BCUT2D eigenvalue weighted by molar-refractivity contribution is -0.0387. The minimum atomic E-state index is -1.68. The van der Waals surface area contributed by atoms with Crippen molar-refractivity contribution in [2.24, 2.45) is 0 Å². The Morgan fingerprint density at radius 2 is 1.43 bits per heavy atom. The molecule has 11 nitrogen and oxygen atoms in total. The van der Waals surface area contributed by atoms with Crippen LogP contribution in [0.1, 0.15) is 50.8 Å². The molecule has 1 aromatic heterocycles. The van der Waals surface area contributed by atoms with E-state index in [4.69, 9.17) is 29.0 Å². The summed E-state index contributed by atoms with van der Waals surface area (Å²) in [6.07, 6.45) is 1.11. The SMILES string of the molecule is COc1ccc(C(OC[C@@H](Cn2ccc(N)nc2=O)OP(OCCC#N)N(C(C)C)C(C)C)(c2ccccc2)c2ccc(OC)cc2)cc1. The molecule has 260 valence electrons. The predicted octanol–water partition coefficient (Wildman–Crippen LogP) is 6.51. The summed E-state index contributed by atoms with van der Waals surface area (Å²) in [7, 11) is 1.58. The van der Waals surface area contributed by atoms with E-state index in [0.717, 1.165) is 16.7 Å². The van der Waals surface area contributed by atoms with Crippen molar-refractivity contribution in [2.45, 2.75) is 64.4 Å². The third-order valence-corrected chi connectivity index (χ3v) is 10.0. The number of hydrogen-bond donors (Lipinski definition) is 1. The Kier molecular flexibility index (Phi) is 13.7. The Morgan fingerprint density at radius 3 is 1.92 bits per heavy atom. The van der Waals surface area contributed by atoms with Crippen LogP contribution in [0.2, 0.25) is 0 Å². The van der Waals surface area contributed by atoms with E-state index in [9.17, 15) is 10.1 Å². The zero-order valence-corrected chi connectivity index (χ0v) is 29.9. The minimum absolute atomic E-state index is 0.0360. The van der Waals surface area contributed by atoms with E-state index in [1.165, 1.54) is 4.57 Å². The average Bonchev–Trinajstić information content (AvgIpc) is 3.10. The smallest absolute Gasteiger partial charge is 0.349 e. The summed E-state index contributed by atoms with van der Waals surface area (Å²) >= 11 is 0. The average molecular weight is 688 g/mol. The van der Waals surface area contributed by atoms with Crippen molar-refractivity contribution < 1.29 is 23.3 Å². The fourth-order valence-corrected chi connectivity index (χ4v) is 7.32. The van der Waals surface area contributed by atoms with Crippen LogP contribution in [-0.4, -0.2) is 59.8 Å². The van der Waals surface area contributed by atoms with Crippen molar-refractivity contribution in [3.63, 3.8) is 0 Å². The Labute approximate surface area is 290 Å². The van der Waals surface area contributed by atoms with Gasteiger partial charge in [-0.05, 0) is 74.7 Å². The topological polar surface area (TPSA) is 134 Å². The molecule has 0 aliphatic heterocycles. The summed E-state index contributed by atoms with van der Waals surface area (Å²) in [6, 6.07) is 29.3. The molecule has 49 heavy (non-hydrogen) atoms. The van der Waals surface area contributed by atoms with Gasteiger partial charge in [0.05, 0.1) is 46.5 Å². The zero-order valence-electron chi connectivity index (χ0n) is 29.0. The van der Waals surface area contributed by atoms with Gasteiger partial charge in [-0.15, -0.1) is 0 Å². The van der Waals surface area contributed by atoms with Crippen LogP contribution in [0.25, 0.3) is 0 Å². The first-order valence-electron chi connectivity index (χ1n) is 16.2. The van der Waals surface area contributed by atoms with Gasteiger partial charge >= 0.3 is 5.69 Å². The zero-order chi connectivity index (χ0) is 35.4. The molecule has 4 aromatic rings. The Hall–Kier alpha value is -4.30. The second kappa shape index (κ2) is 17.9. The van der Waals surface area contributed by atoms with Crippen LogP contribution in [0.3, 0.4) is 0 Å². The molecular formula is C37H46N5O6P. The highest BCUT2D eigenvalue weighted by atomic mass is 31.2. The van der Waals surface area contributed by atoms with Crippen molar-refractivity contribution in [1.29, 1.82) is 5.26 Å². The first-order chi connectivity index (χ1) is 23.6. The number of anilines is 1.